The summed E-state index contributed by atoms with van der Waals surface area (Å²) < 4.78 is 7.42. The molecule has 0 aliphatic carbocycles. The molecule has 0 N–H and O–H groups in total. The summed E-state index contributed by atoms with van der Waals surface area (Å²) in [6.07, 6.45) is 4.32. The van der Waals surface area contributed by atoms with Gasteiger partial charge in [0.25, 0.3) is 5.91 Å². The fourth-order valence-electron chi connectivity index (χ4n) is 3.10. The standard InChI is InChI=1S/C15H23ClN4O2/c1-18-13(16)10-17-14(18)11-19-5-3-6-20(8-7-19)15(21)12-4-2-9-22-12/h10,12H,2-9,11H2,1H3/t12-/m0/s1. The van der Waals surface area contributed by atoms with E-state index < -0.39 is 0 Å². The lowest BCUT2D eigenvalue weighted by Crippen LogP contribution is -2.41. The highest BCUT2D eigenvalue weighted by molar-refractivity contribution is 6.29. The van der Waals surface area contributed by atoms with E-state index in [2.05, 4.69) is 9.88 Å². The molecule has 1 atom stereocenters. The van der Waals surface area contributed by atoms with Crippen LogP contribution in [0.25, 0.3) is 0 Å². The average molecular weight is 327 g/mol. The van der Waals surface area contributed by atoms with Crippen LogP contribution in [-0.2, 0) is 23.1 Å². The summed E-state index contributed by atoms with van der Waals surface area (Å²) in [6, 6.07) is 0. The van der Waals surface area contributed by atoms with Gasteiger partial charge in [-0.25, -0.2) is 4.98 Å². The van der Waals surface area contributed by atoms with Crippen LogP contribution in [0.4, 0.5) is 0 Å². The van der Waals surface area contributed by atoms with Crippen molar-refractivity contribution in [3.05, 3.63) is 17.2 Å². The first-order chi connectivity index (χ1) is 10.6. The van der Waals surface area contributed by atoms with E-state index in [1.54, 1.807) is 6.20 Å². The third-order valence-electron chi connectivity index (χ3n) is 4.50. The summed E-state index contributed by atoms with van der Waals surface area (Å²) in [5, 5.41) is 0.653. The molecule has 1 amide bonds. The van der Waals surface area contributed by atoms with Crippen LogP contribution in [0.15, 0.2) is 6.20 Å². The van der Waals surface area contributed by atoms with E-state index in [1.807, 2.05) is 16.5 Å². The number of hydrogen-bond donors (Lipinski definition) is 0. The summed E-state index contributed by atoms with van der Waals surface area (Å²) >= 11 is 6.03. The molecular weight excluding hydrogens is 304 g/mol. The molecule has 0 unspecified atom stereocenters. The van der Waals surface area contributed by atoms with Crippen LogP contribution >= 0.6 is 11.6 Å². The van der Waals surface area contributed by atoms with E-state index >= 15 is 0 Å². The van der Waals surface area contributed by atoms with Gasteiger partial charge < -0.3 is 14.2 Å². The third-order valence-corrected chi connectivity index (χ3v) is 4.85. The zero-order valence-electron chi connectivity index (χ0n) is 13.0. The van der Waals surface area contributed by atoms with E-state index in [0.717, 1.165) is 64.4 Å². The van der Waals surface area contributed by atoms with Gasteiger partial charge in [0, 0.05) is 39.8 Å². The van der Waals surface area contributed by atoms with E-state index in [0.29, 0.717) is 5.15 Å². The Labute approximate surface area is 136 Å². The SMILES string of the molecule is Cn1c(Cl)cnc1CN1CCCN(C(=O)[C@@H]2CCCO2)CC1. The highest BCUT2D eigenvalue weighted by Gasteiger charge is 2.29. The van der Waals surface area contributed by atoms with Crippen LogP contribution in [0.3, 0.4) is 0 Å². The molecule has 0 bridgehead atoms. The lowest BCUT2D eigenvalue weighted by molar-refractivity contribution is -0.140. The zero-order chi connectivity index (χ0) is 15.5. The van der Waals surface area contributed by atoms with Gasteiger partial charge in [0.2, 0.25) is 0 Å². The van der Waals surface area contributed by atoms with E-state index in [-0.39, 0.29) is 12.0 Å². The number of halogens is 1. The predicted octanol–water partition coefficient (Wildman–Crippen LogP) is 1.29. The number of imidazole rings is 1. The minimum atomic E-state index is -0.208. The van der Waals surface area contributed by atoms with Crippen molar-refractivity contribution in [2.24, 2.45) is 7.05 Å². The van der Waals surface area contributed by atoms with Crippen molar-refractivity contribution >= 4 is 17.5 Å². The summed E-state index contributed by atoms with van der Waals surface area (Å²) in [5.41, 5.74) is 0. The van der Waals surface area contributed by atoms with Crippen LogP contribution < -0.4 is 0 Å². The highest BCUT2D eigenvalue weighted by atomic mass is 35.5. The zero-order valence-corrected chi connectivity index (χ0v) is 13.8. The summed E-state index contributed by atoms with van der Waals surface area (Å²) in [7, 11) is 1.93. The van der Waals surface area contributed by atoms with Crippen molar-refractivity contribution in [3.8, 4) is 0 Å². The van der Waals surface area contributed by atoms with Crippen molar-refractivity contribution < 1.29 is 9.53 Å². The Balaban J connectivity index is 1.55. The fraction of sp³-hybridized carbons (Fsp3) is 0.733. The molecule has 0 aromatic carbocycles. The first-order valence-electron chi connectivity index (χ1n) is 7.94. The summed E-state index contributed by atoms with van der Waals surface area (Å²) in [4.78, 5) is 21.1. The lowest BCUT2D eigenvalue weighted by atomic mass is 10.2. The normalized spacial score (nSPS) is 23.7. The van der Waals surface area contributed by atoms with Gasteiger partial charge in [-0.3, -0.25) is 9.69 Å². The number of rotatable bonds is 3. The molecule has 2 fully saturated rings. The number of nitrogens with zero attached hydrogens (tertiary/aromatic N) is 4. The molecule has 1 aromatic rings. The molecule has 2 aliphatic heterocycles. The predicted molar refractivity (Wildman–Crippen MR) is 83.7 cm³/mol. The van der Waals surface area contributed by atoms with Crippen LogP contribution in [0, 0.1) is 0 Å². The molecule has 6 nitrogen and oxygen atoms in total. The Morgan fingerprint density at radius 1 is 1.36 bits per heavy atom. The quantitative estimate of drug-likeness (QED) is 0.840. The maximum atomic E-state index is 12.4. The van der Waals surface area contributed by atoms with Gasteiger partial charge in [0.05, 0.1) is 12.7 Å². The largest absolute Gasteiger partial charge is 0.368 e. The molecule has 3 heterocycles. The number of amides is 1. The monoisotopic (exact) mass is 326 g/mol. The van der Waals surface area contributed by atoms with E-state index in [9.17, 15) is 4.79 Å². The van der Waals surface area contributed by atoms with Crippen molar-refractivity contribution in [1.29, 1.82) is 0 Å². The molecule has 2 saturated heterocycles. The second-order valence-corrected chi connectivity index (χ2v) is 6.40. The van der Waals surface area contributed by atoms with Crippen molar-refractivity contribution in [1.82, 2.24) is 19.4 Å². The van der Waals surface area contributed by atoms with Crippen molar-refractivity contribution in [3.63, 3.8) is 0 Å². The molecular formula is C15H23ClN4O2. The average Bonchev–Trinajstić information content (AvgIpc) is 3.08. The number of carbonyl (C=O) groups excluding carboxylic acids is 1. The summed E-state index contributed by atoms with van der Waals surface area (Å²) in [5.74, 6) is 1.13. The van der Waals surface area contributed by atoms with Gasteiger partial charge >= 0.3 is 0 Å². The number of ether oxygens (including phenoxy) is 1. The van der Waals surface area contributed by atoms with E-state index in [4.69, 9.17) is 16.3 Å². The minimum Gasteiger partial charge on any atom is -0.368 e. The molecule has 0 saturated carbocycles. The Hall–Kier alpha value is -1.11. The Kier molecular flexibility index (Phi) is 5.00. The van der Waals surface area contributed by atoms with Gasteiger partial charge in [0.1, 0.15) is 17.1 Å². The molecule has 2 aliphatic rings. The molecule has 0 radical (unpaired) electrons. The topological polar surface area (TPSA) is 50.6 Å². The molecule has 122 valence electrons. The molecule has 22 heavy (non-hydrogen) atoms. The van der Waals surface area contributed by atoms with Gasteiger partial charge in [-0.15, -0.1) is 0 Å². The van der Waals surface area contributed by atoms with Crippen LogP contribution in [0.2, 0.25) is 5.15 Å². The molecule has 7 heteroatoms. The lowest BCUT2D eigenvalue weighted by Gasteiger charge is -2.24. The smallest absolute Gasteiger partial charge is 0.251 e. The first kappa shape index (κ1) is 15.8. The van der Waals surface area contributed by atoms with Crippen LogP contribution in [0.5, 0.6) is 0 Å². The van der Waals surface area contributed by atoms with E-state index in [1.165, 1.54) is 0 Å². The molecule has 0 spiro atoms. The van der Waals surface area contributed by atoms with Gasteiger partial charge in [0.15, 0.2) is 0 Å². The van der Waals surface area contributed by atoms with Crippen LogP contribution in [-0.4, -0.2) is 64.1 Å². The highest BCUT2D eigenvalue weighted by Crippen LogP contribution is 2.17. The van der Waals surface area contributed by atoms with Crippen molar-refractivity contribution in [2.75, 3.05) is 32.8 Å². The molecule has 3 rings (SSSR count). The second kappa shape index (κ2) is 6.98. The Morgan fingerprint density at radius 3 is 2.91 bits per heavy atom. The second-order valence-electron chi connectivity index (χ2n) is 6.01. The fourth-order valence-corrected chi connectivity index (χ4v) is 3.24. The maximum Gasteiger partial charge on any atom is 0.251 e. The number of aromatic nitrogens is 2. The van der Waals surface area contributed by atoms with Crippen molar-refractivity contribution in [2.45, 2.75) is 31.9 Å². The van der Waals surface area contributed by atoms with Gasteiger partial charge in [-0.05, 0) is 19.3 Å². The number of carbonyl (C=O) groups is 1. The Morgan fingerprint density at radius 2 is 2.23 bits per heavy atom. The van der Waals surface area contributed by atoms with Gasteiger partial charge in [-0.2, -0.15) is 0 Å². The molecule has 1 aromatic heterocycles. The third kappa shape index (κ3) is 3.45. The van der Waals surface area contributed by atoms with Crippen LogP contribution in [0.1, 0.15) is 25.1 Å². The number of hydrogen-bond acceptors (Lipinski definition) is 4. The minimum absolute atomic E-state index is 0.166. The Bertz CT molecular complexity index is 528. The maximum absolute atomic E-state index is 12.4. The first-order valence-corrected chi connectivity index (χ1v) is 8.32. The van der Waals surface area contributed by atoms with Gasteiger partial charge in [-0.1, -0.05) is 11.6 Å². The summed E-state index contributed by atoms with van der Waals surface area (Å²) in [6.45, 7) is 4.90.